The lowest BCUT2D eigenvalue weighted by Crippen LogP contribution is -2.28. The molecular formula is C16H17F2NO5S. The third-order valence-electron chi connectivity index (χ3n) is 3.46. The second-order valence-corrected chi connectivity index (χ2v) is 6.82. The molecule has 0 fully saturated rings. The maximum absolute atomic E-state index is 13.2. The number of aliphatic hydroxyl groups excluding tert-OH is 1. The van der Waals surface area contributed by atoms with Crippen LogP contribution in [-0.2, 0) is 10.0 Å². The van der Waals surface area contributed by atoms with Gasteiger partial charge in [0.25, 0.3) is 0 Å². The van der Waals surface area contributed by atoms with Gasteiger partial charge in [0.2, 0.25) is 10.0 Å². The monoisotopic (exact) mass is 373 g/mol. The van der Waals surface area contributed by atoms with E-state index in [9.17, 15) is 22.3 Å². The highest BCUT2D eigenvalue weighted by Gasteiger charge is 2.19. The molecule has 1 unspecified atom stereocenters. The minimum Gasteiger partial charge on any atom is -0.493 e. The normalized spacial score (nSPS) is 12.7. The van der Waals surface area contributed by atoms with Crippen molar-refractivity contribution in [1.82, 2.24) is 4.72 Å². The SMILES string of the molecule is COc1ccc(C(O)CNS(=O)(=O)c2ccc(F)c(F)c2)cc1OC. The van der Waals surface area contributed by atoms with E-state index in [0.717, 1.165) is 6.07 Å². The molecule has 2 rings (SSSR count). The average Bonchev–Trinajstić information content (AvgIpc) is 2.61. The van der Waals surface area contributed by atoms with Crippen LogP contribution in [0.5, 0.6) is 11.5 Å². The summed E-state index contributed by atoms with van der Waals surface area (Å²) >= 11 is 0. The van der Waals surface area contributed by atoms with Crippen molar-refractivity contribution < 1.29 is 31.8 Å². The van der Waals surface area contributed by atoms with Gasteiger partial charge in [-0.15, -0.1) is 0 Å². The van der Waals surface area contributed by atoms with Crippen LogP contribution in [0.1, 0.15) is 11.7 Å². The fourth-order valence-corrected chi connectivity index (χ4v) is 3.14. The summed E-state index contributed by atoms with van der Waals surface area (Å²) in [6, 6.07) is 6.85. The number of ether oxygens (including phenoxy) is 2. The smallest absolute Gasteiger partial charge is 0.240 e. The highest BCUT2D eigenvalue weighted by Crippen LogP contribution is 2.29. The molecule has 0 aliphatic carbocycles. The van der Waals surface area contributed by atoms with Crippen molar-refractivity contribution in [2.45, 2.75) is 11.0 Å². The molecule has 0 spiro atoms. The topological polar surface area (TPSA) is 84.9 Å². The van der Waals surface area contributed by atoms with Crippen molar-refractivity contribution in [3.63, 3.8) is 0 Å². The number of sulfonamides is 1. The fourth-order valence-electron chi connectivity index (χ4n) is 2.09. The predicted molar refractivity (Wildman–Crippen MR) is 86.1 cm³/mol. The lowest BCUT2D eigenvalue weighted by Gasteiger charge is -2.15. The van der Waals surface area contributed by atoms with Crippen molar-refractivity contribution >= 4 is 10.0 Å². The second-order valence-electron chi connectivity index (χ2n) is 5.06. The molecule has 0 saturated heterocycles. The molecule has 0 amide bonds. The first-order valence-corrected chi connectivity index (χ1v) is 8.61. The first-order valence-electron chi connectivity index (χ1n) is 7.13. The van der Waals surface area contributed by atoms with Crippen LogP contribution in [0.15, 0.2) is 41.3 Å². The Bertz CT molecular complexity index is 858. The molecule has 0 bridgehead atoms. The number of hydrogen-bond donors (Lipinski definition) is 2. The maximum atomic E-state index is 13.2. The molecule has 0 aliphatic heterocycles. The highest BCUT2D eigenvalue weighted by atomic mass is 32.2. The van der Waals surface area contributed by atoms with E-state index in [2.05, 4.69) is 4.72 Å². The van der Waals surface area contributed by atoms with E-state index >= 15 is 0 Å². The number of benzene rings is 2. The zero-order chi connectivity index (χ0) is 18.6. The van der Waals surface area contributed by atoms with E-state index < -0.39 is 32.7 Å². The molecule has 9 heteroatoms. The van der Waals surface area contributed by atoms with Gasteiger partial charge in [-0.1, -0.05) is 6.07 Å². The third kappa shape index (κ3) is 4.44. The van der Waals surface area contributed by atoms with E-state index in [0.29, 0.717) is 29.2 Å². The zero-order valence-electron chi connectivity index (χ0n) is 13.5. The Morgan fingerprint density at radius 2 is 1.72 bits per heavy atom. The third-order valence-corrected chi connectivity index (χ3v) is 4.88. The van der Waals surface area contributed by atoms with Crippen molar-refractivity contribution in [3.8, 4) is 11.5 Å². The van der Waals surface area contributed by atoms with Crippen LogP contribution < -0.4 is 14.2 Å². The fraction of sp³-hybridized carbons (Fsp3) is 0.250. The lowest BCUT2D eigenvalue weighted by molar-refractivity contribution is 0.181. The zero-order valence-corrected chi connectivity index (χ0v) is 14.3. The Hall–Kier alpha value is -2.23. The molecule has 0 heterocycles. The van der Waals surface area contributed by atoms with Gasteiger partial charge in [0.1, 0.15) is 0 Å². The molecule has 6 nitrogen and oxygen atoms in total. The van der Waals surface area contributed by atoms with E-state index in [1.807, 2.05) is 0 Å². The van der Waals surface area contributed by atoms with Crippen molar-refractivity contribution in [3.05, 3.63) is 53.6 Å². The Morgan fingerprint density at radius 3 is 2.32 bits per heavy atom. The summed E-state index contributed by atoms with van der Waals surface area (Å²) in [7, 11) is -1.21. The Kier molecular flexibility index (Phi) is 5.93. The molecule has 2 aromatic rings. The summed E-state index contributed by atoms with van der Waals surface area (Å²) in [5.41, 5.74) is 0.394. The average molecular weight is 373 g/mol. The molecule has 2 aromatic carbocycles. The molecule has 0 aliphatic rings. The van der Waals surface area contributed by atoms with Crippen LogP contribution in [-0.4, -0.2) is 34.3 Å². The molecule has 0 aromatic heterocycles. The molecule has 0 saturated carbocycles. The molecule has 1 atom stereocenters. The molecular weight excluding hydrogens is 356 g/mol. The van der Waals surface area contributed by atoms with Gasteiger partial charge in [0.15, 0.2) is 23.1 Å². The van der Waals surface area contributed by atoms with Crippen LogP contribution >= 0.6 is 0 Å². The largest absolute Gasteiger partial charge is 0.493 e. The molecule has 2 N–H and O–H groups in total. The summed E-state index contributed by atoms with van der Waals surface area (Å²) in [4.78, 5) is -0.439. The van der Waals surface area contributed by atoms with Gasteiger partial charge in [-0.2, -0.15) is 0 Å². The van der Waals surface area contributed by atoms with Crippen molar-refractivity contribution in [1.29, 1.82) is 0 Å². The number of nitrogens with one attached hydrogen (secondary N) is 1. The predicted octanol–water partition coefficient (Wildman–Crippen LogP) is 1.99. The standard InChI is InChI=1S/C16H17F2NO5S/c1-23-15-6-3-10(7-16(15)24-2)14(20)9-19-25(21,22)11-4-5-12(17)13(18)8-11/h3-8,14,19-20H,9H2,1-2H3. The quantitative estimate of drug-likeness (QED) is 0.775. The molecule has 136 valence electrons. The first-order chi connectivity index (χ1) is 11.8. The summed E-state index contributed by atoms with van der Waals surface area (Å²) in [5.74, 6) is -1.59. The summed E-state index contributed by atoms with van der Waals surface area (Å²) < 4.78 is 62.6. The highest BCUT2D eigenvalue weighted by molar-refractivity contribution is 7.89. The summed E-state index contributed by atoms with van der Waals surface area (Å²) in [6.07, 6.45) is -1.18. The van der Waals surface area contributed by atoms with Gasteiger partial charge in [-0.05, 0) is 35.9 Å². The van der Waals surface area contributed by atoms with Crippen LogP contribution in [0.4, 0.5) is 8.78 Å². The van der Waals surface area contributed by atoms with Crippen molar-refractivity contribution in [2.24, 2.45) is 0 Å². The summed E-state index contributed by atoms with van der Waals surface area (Å²) in [5, 5.41) is 10.2. The van der Waals surface area contributed by atoms with E-state index in [4.69, 9.17) is 9.47 Å². The maximum Gasteiger partial charge on any atom is 0.240 e. The Balaban J connectivity index is 2.13. The minimum atomic E-state index is -4.10. The van der Waals surface area contributed by atoms with Crippen LogP contribution in [0.2, 0.25) is 0 Å². The minimum absolute atomic E-state index is 0.364. The van der Waals surface area contributed by atoms with Gasteiger partial charge in [0, 0.05) is 6.54 Å². The van der Waals surface area contributed by atoms with Crippen molar-refractivity contribution in [2.75, 3.05) is 20.8 Å². The number of hydrogen-bond acceptors (Lipinski definition) is 5. The first kappa shape index (κ1) is 19.1. The number of methoxy groups -OCH3 is 2. The van der Waals surface area contributed by atoms with Crippen LogP contribution in [0, 0.1) is 11.6 Å². The lowest BCUT2D eigenvalue weighted by atomic mass is 10.1. The van der Waals surface area contributed by atoms with E-state index in [1.165, 1.54) is 20.3 Å². The number of halogens is 2. The van der Waals surface area contributed by atoms with E-state index in [-0.39, 0.29) is 6.54 Å². The molecule has 25 heavy (non-hydrogen) atoms. The Morgan fingerprint density at radius 1 is 1.04 bits per heavy atom. The molecule has 0 radical (unpaired) electrons. The van der Waals surface area contributed by atoms with Crippen LogP contribution in [0.3, 0.4) is 0 Å². The van der Waals surface area contributed by atoms with Gasteiger partial charge in [-0.25, -0.2) is 21.9 Å². The van der Waals surface area contributed by atoms with E-state index in [1.54, 1.807) is 12.1 Å². The van der Waals surface area contributed by atoms with Crippen LogP contribution in [0.25, 0.3) is 0 Å². The van der Waals surface area contributed by atoms with Gasteiger partial charge in [0.05, 0.1) is 25.2 Å². The second kappa shape index (κ2) is 7.77. The van der Waals surface area contributed by atoms with Gasteiger partial charge in [-0.3, -0.25) is 0 Å². The number of aliphatic hydroxyl groups is 1. The van der Waals surface area contributed by atoms with Gasteiger partial charge < -0.3 is 14.6 Å². The van der Waals surface area contributed by atoms with Gasteiger partial charge >= 0.3 is 0 Å². The number of rotatable bonds is 7. The Labute approximate surface area is 144 Å². The summed E-state index contributed by atoms with van der Waals surface area (Å²) in [6.45, 7) is -0.364.